The lowest BCUT2D eigenvalue weighted by atomic mass is 10.1. The zero-order valence-corrected chi connectivity index (χ0v) is 21.3. The van der Waals surface area contributed by atoms with E-state index < -0.39 is 0 Å². The maximum atomic E-state index is 12.1. The first-order valence-electron chi connectivity index (χ1n) is 12.6. The van der Waals surface area contributed by atoms with E-state index in [1.807, 2.05) is 80.6 Å². The summed E-state index contributed by atoms with van der Waals surface area (Å²) < 4.78 is 17.1. The van der Waals surface area contributed by atoms with Gasteiger partial charge < -0.3 is 19.5 Å². The Bertz CT molecular complexity index is 1010. The molecular formula is C29H39N3O4. The molecule has 194 valence electrons. The predicted octanol–water partition coefficient (Wildman–Crippen LogP) is 4.50. The van der Waals surface area contributed by atoms with Crippen molar-refractivity contribution in [3.05, 3.63) is 89.7 Å². The second kappa shape index (κ2) is 15.5. The van der Waals surface area contributed by atoms with E-state index in [0.29, 0.717) is 26.2 Å². The van der Waals surface area contributed by atoms with Gasteiger partial charge in [0.15, 0.2) is 0 Å². The summed E-state index contributed by atoms with van der Waals surface area (Å²) in [4.78, 5) is 18.9. The number of carbonyl (C=O) groups is 1. The molecule has 36 heavy (non-hydrogen) atoms. The van der Waals surface area contributed by atoms with Crippen LogP contribution < -0.4 is 14.8 Å². The van der Waals surface area contributed by atoms with Crippen LogP contribution in [0.3, 0.4) is 0 Å². The number of morpholine rings is 1. The highest BCUT2D eigenvalue weighted by Gasteiger charge is 2.10. The minimum Gasteiger partial charge on any atom is -0.492 e. The molecule has 0 spiro atoms. The van der Waals surface area contributed by atoms with Gasteiger partial charge in [-0.05, 0) is 35.9 Å². The van der Waals surface area contributed by atoms with Crippen LogP contribution in [0.15, 0.2) is 72.9 Å². The van der Waals surface area contributed by atoms with Gasteiger partial charge in [0.05, 0.1) is 31.9 Å². The molecule has 2 aromatic carbocycles. The third-order valence-corrected chi connectivity index (χ3v) is 5.57. The van der Waals surface area contributed by atoms with Crippen molar-refractivity contribution in [2.24, 2.45) is 0 Å². The average molecular weight is 494 g/mol. The Balaban J connectivity index is 0.00000157. The van der Waals surface area contributed by atoms with E-state index in [-0.39, 0.29) is 7.33 Å². The van der Waals surface area contributed by atoms with Crippen molar-refractivity contribution in [2.45, 2.75) is 33.4 Å². The summed E-state index contributed by atoms with van der Waals surface area (Å²) in [7, 11) is 0. The largest absolute Gasteiger partial charge is 0.492 e. The average Bonchev–Trinajstić information content (AvgIpc) is 2.94. The highest BCUT2D eigenvalue weighted by molar-refractivity contribution is 5.78. The van der Waals surface area contributed by atoms with E-state index in [2.05, 4.69) is 15.2 Å². The van der Waals surface area contributed by atoms with Crippen LogP contribution in [-0.2, 0) is 29.1 Å². The number of aromatic nitrogens is 1. The highest BCUT2D eigenvalue weighted by Crippen LogP contribution is 2.19. The predicted molar refractivity (Wildman–Crippen MR) is 143 cm³/mol. The molecule has 0 saturated carbocycles. The summed E-state index contributed by atoms with van der Waals surface area (Å²) >= 11 is 0. The van der Waals surface area contributed by atoms with Crippen LogP contribution in [0.5, 0.6) is 11.5 Å². The third kappa shape index (κ3) is 9.68. The fourth-order valence-electron chi connectivity index (χ4n) is 3.59. The summed E-state index contributed by atoms with van der Waals surface area (Å²) in [6, 6.07) is 21.2. The first-order valence-corrected chi connectivity index (χ1v) is 12.6. The van der Waals surface area contributed by atoms with Crippen LogP contribution >= 0.6 is 0 Å². The van der Waals surface area contributed by atoms with Crippen molar-refractivity contribution in [3.63, 3.8) is 0 Å². The molecule has 2 heterocycles. The molecule has 0 radical (unpaired) electrons. The van der Waals surface area contributed by atoms with Crippen molar-refractivity contribution in [1.82, 2.24) is 15.2 Å². The number of hydrogen-bond acceptors (Lipinski definition) is 6. The van der Waals surface area contributed by atoms with E-state index >= 15 is 0 Å². The standard InChI is InChI=1S/C27H31N3O4.C2H6.H2/c31-27(18-22-4-2-1-3-5-22)29-20-24-7-6-23(19-28-24)21-34-26-10-8-25(9-11-26)33-17-14-30-12-15-32-16-13-30;1-2;/h1-11,19H,12-18,20-21H2,(H,29,31);1-2H3;1H. The number of carbonyl (C=O) groups excluding carboxylic acids is 1. The smallest absolute Gasteiger partial charge is 0.224 e. The van der Waals surface area contributed by atoms with Gasteiger partial charge in [-0.15, -0.1) is 0 Å². The maximum absolute atomic E-state index is 12.1. The molecule has 0 bridgehead atoms. The lowest BCUT2D eigenvalue weighted by Gasteiger charge is -2.26. The molecule has 4 rings (SSSR count). The number of nitrogens with one attached hydrogen (secondary N) is 1. The molecule has 0 atom stereocenters. The minimum absolute atomic E-state index is 0. The summed E-state index contributed by atoms with van der Waals surface area (Å²) in [5, 5.41) is 2.91. The van der Waals surface area contributed by atoms with Gasteiger partial charge in [0.1, 0.15) is 24.7 Å². The van der Waals surface area contributed by atoms with E-state index in [1.54, 1.807) is 6.20 Å². The number of hydrogen-bond donors (Lipinski definition) is 1. The number of nitrogens with zero attached hydrogens (tertiary/aromatic N) is 2. The molecule has 7 heteroatoms. The van der Waals surface area contributed by atoms with Crippen molar-refractivity contribution in [1.29, 1.82) is 0 Å². The molecule has 0 aliphatic carbocycles. The Hall–Kier alpha value is -3.42. The van der Waals surface area contributed by atoms with Gasteiger partial charge in [0.2, 0.25) is 5.91 Å². The molecule has 1 aliphatic heterocycles. The Labute approximate surface area is 215 Å². The number of benzene rings is 2. The summed E-state index contributed by atoms with van der Waals surface area (Å²) in [5.41, 5.74) is 2.77. The lowest BCUT2D eigenvalue weighted by Crippen LogP contribution is -2.38. The number of ether oxygens (including phenoxy) is 3. The van der Waals surface area contributed by atoms with E-state index in [1.165, 1.54) is 0 Å². The SMILES string of the molecule is CC.O=C(Cc1ccccc1)NCc1ccc(COc2ccc(OCCN3CCOCC3)cc2)cn1.[HH]. The monoisotopic (exact) mass is 493 g/mol. The van der Waals surface area contributed by atoms with Crippen molar-refractivity contribution >= 4 is 5.91 Å². The third-order valence-electron chi connectivity index (χ3n) is 5.57. The molecule has 1 saturated heterocycles. The van der Waals surface area contributed by atoms with E-state index in [9.17, 15) is 4.79 Å². The molecular weight excluding hydrogens is 454 g/mol. The quantitative estimate of drug-likeness (QED) is 0.424. The van der Waals surface area contributed by atoms with Crippen molar-refractivity contribution in [2.75, 3.05) is 39.5 Å². The zero-order chi connectivity index (χ0) is 25.4. The number of pyridine rings is 1. The van der Waals surface area contributed by atoms with Crippen molar-refractivity contribution < 1.29 is 20.4 Å². The molecule has 1 aromatic heterocycles. The van der Waals surface area contributed by atoms with Gasteiger partial charge in [0.25, 0.3) is 0 Å². The molecule has 3 aromatic rings. The van der Waals surface area contributed by atoms with Gasteiger partial charge in [-0.2, -0.15) is 0 Å². The second-order valence-electron chi connectivity index (χ2n) is 8.16. The maximum Gasteiger partial charge on any atom is 0.224 e. The van der Waals surface area contributed by atoms with Gasteiger partial charge in [0, 0.05) is 32.8 Å². The number of rotatable bonds is 11. The highest BCUT2D eigenvalue weighted by atomic mass is 16.5. The lowest BCUT2D eigenvalue weighted by molar-refractivity contribution is -0.120. The number of amides is 1. The molecule has 1 N–H and O–H groups in total. The molecule has 0 unspecified atom stereocenters. The van der Waals surface area contributed by atoms with Gasteiger partial charge >= 0.3 is 0 Å². The Morgan fingerprint density at radius 2 is 1.64 bits per heavy atom. The van der Waals surface area contributed by atoms with E-state index in [0.717, 1.165) is 61.2 Å². The normalized spacial score (nSPS) is 13.3. The first-order chi connectivity index (χ1) is 17.7. The van der Waals surface area contributed by atoms with Crippen LogP contribution in [-0.4, -0.2) is 55.2 Å². The fraction of sp³-hybridized carbons (Fsp3) is 0.379. The van der Waals surface area contributed by atoms with Gasteiger partial charge in [-0.3, -0.25) is 14.7 Å². The van der Waals surface area contributed by atoms with Crippen LogP contribution in [0.2, 0.25) is 0 Å². The minimum atomic E-state index is -0.0195. The molecule has 1 amide bonds. The topological polar surface area (TPSA) is 72.9 Å². The first kappa shape index (κ1) is 27.2. The summed E-state index contributed by atoms with van der Waals surface area (Å²) in [5.74, 6) is 1.59. The Morgan fingerprint density at radius 1 is 0.944 bits per heavy atom. The van der Waals surface area contributed by atoms with Gasteiger partial charge in [-0.25, -0.2) is 0 Å². The van der Waals surface area contributed by atoms with Crippen LogP contribution in [0, 0.1) is 0 Å². The summed E-state index contributed by atoms with van der Waals surface area (Å²) in [6.07, 6.45) is 2.15. The molecule has 1 fully saturated rings. The van der Waals surface area contributed by atoms with Crippen molar-refractivity contribution in [3.8, 4) is 11.5 Å². The Morgan fingerprint density at radius 3 is 2.31 bits per heavy atom. The zero-order valence-electron chi connectivity index (χ0n) is 21.3. The Kier molecular flexibility index (Phi) is 11.7. The van der Waals surface area contributed by atoms with Crippen LogP contribution in [0.1, 0.15) is 32.1 Å². The molecule has 1 aliphatic rings. The van der Waals surface area contributed by atoms with E-state index in [4.69, 9.17) is 14.2 Å². The van der Waals surface area contributed by atoms with Crippen LogP contribution in [0.4, 0.5) is 0 Å². The van der Waals surface area contributed by atoms with Gasteiger partial charge in [-0.1, -0.05) is 50.2 Å². The second-order valence-corrected chi connectivity index (χ2v) is 8.16. The fourth-order valence-corrected chi connectivity index (χ4v) is 3.59. The van der Waals surface area contributed by atoms with Crippen LogP contribution in [0.25, 0.3) is 0 Å². The summed E-state index contributed by atoms with van der Waals surface area (Å²) in [6.45, 7) is 9.92. The molecule has 7 nitrogen and oxygen atoms in total.